The Kier molecular flexibility index (Phi) is 2.56. The number of aromatic amines is 1. The number of aromatic nitrogens is 2. The van der Waals surface area contributed by atoms with Gasteiger partial charge in [-0.05, 0) is 33.2 Å². The molecule has 2 atom stereocenters. The van der Waals surface area contributed by atoms with E-state index in [2.05, 4.69) is 15.3 Å². The van der Waals surface area contributed by atoms with Gasteiger partial charge in [0.1, 0.15) is 11.9 Å². The minimum absolute atomic E-state index is 0.167. The van der Waals surface area contributed by atoms with E-state index in [1.165, 1.54) is 0 Å². The molecule has 4 nitrogen and oxygen atoms in total. The van der Waals surface area contributed by atoms with E-state index in [0.717, 1.165) is 30.8 Å². The second-order valence-corrected chi connectivity index (χ2v) is 3.98. The van der Waals surface area contributed by atoms with Gasteiger partial charge in [0.25, 0.3) is 0 Å². The molecule has 1 aliphatic rings. The summed E-state index contributed by atoms with van der Waals surface area (Å²) >= 11 is 0. The third kappa shape index (κ3) is 1.67. The van der Waals surface area contributed by atoms with Crippen molar-refractivity contribution < 1.29 is 5.11 Å². The van der Waals surface area contributed by atoms with Crippen LogP contribution in [0.2, 0.25) is 0 Å². The van der Waals surface area contributed by atoms with Gasteiger partial charge in [0, 0.05) is 11.7 Å². The molecule has 0 amide bonds. The number of aliphatic hydroxyl groups is 1. The zero-order valence-electron chi connectivity index (χ0n) is 8.67. The summed E-state index contributed by atoms with van der Waals surface area (Å²) in [6.07, 6.45) is 1.67. The van der Waals surface area contributed by atoms with E-state index in [9.17, 15) is 5.11 Å². The van der Waals surface area contributed by atoms with E-state index in [-0.39, 0.29) is 6.04 Å². The van der Waals surface area contributed by atoms with Gasteiger partial charge >= 0.3 is 0 Å². The Morgan fingerprint density at radius 2 is 2.29 bits per heavy atom. The lowest BCUT2D eigenvalue weighted by molar-refractivity contribution is 0.129. The maximum absolute atomic E-state index is 10.0. The van der Waals surface area contributed by atoms with Crippen molar-refractivity contribution in [3.8, 4) is 0 Å². The molecule has 0 aromatic carbocycles. The molecule has 0 saturated carbocycles. The van der Waals surface area contributed by atoms with Crippen LogP contribution >= 0.6 is 0 Å². The Labute approximate surface area is 83.8 Å². The van der Waals surface area contributed by atoms with Crippen molar-refractivity contribution >= 4 is 0 Å². The van der Waals surface area contributed by atoms with E-state index in [1.807, 2.05) is 13.8 Å². The third-order valence-corrected chi connectivity index (χ3v) is 2.91. The lowest BCUT2D eigenvalue weighted by Gasteiger charge is -2.15. The fourth-order valence-corrected chi connectivity index (χ4v) is 1.89. The normalized spacial score (nSPS) is 24.1. The molecule has 1 aromatic rings. The highest BCUT2D eigenvalue weighted by atomic mass is 16.3. The Morgan fingerprint density at radius 1 is 1.50 bits per heavy atom. The fourth-order valence-electron chi connectivity index (χ4n) is 1.89. The van der Waals surface area contributed by atoms with E-state index >= 15 is 0 Å². The second kappa shape index (κ2) is 3.71. The molecule has 78 valence electrons. The molecule has 2 rings (SSSR count). The van der Waals surface area contributed by atoms with Crippen LogP contribution in [0.1, 0.15) is 36.2 Å². The van der Waals surface area contributed by atoms with Crippen LogP contribution in [0, 0.1) is 13.8 Å². The number of aryl methyl sites for hydroxylation is 2. The largest absolute Gasteiger partial charge is 0.384 e. The molecule has 3 N–H and O–H groups in total. The van der Waals surface area contributed by atoms with E-state index in [0.29, 0.717) is 5.82 Å². The number of hydrogen-bond acceptors (Lipinski definition) is 3. The quantitative estimate of drug-likeness (QED) is 0.654. The molecule has 1 saturated heterocycles. The van der Waals surface area contributed by atoms with Gasteiger partial charge in [-0.1, -0.05) is 0 Å². The Balaban J connectivity index is 2.13. The summed E-state index contributed by atoms with van der Waals surface area (Å²) in [5.41, 5.74) is 2.01. The number of H-pyrrole nitrogens is 1. The molecule has 0 spiro atoms. The van der Waals surface area contributed by atoms with Crippen LogP contribution in [0.3, 0.4) is 0 Å². The van der Waals surface area contributed by atoms with Crippen LogP contribution in [0.15, 0.2) is 0 Å². The zero-order chi connectivity index (χ0) is 10.1. The summed E-state index contributed by atoms with van der Waals surface area (Å²) in [5, 5.41) is 13.3. The highest BCUT2D eigenvalue weighted by Gasteiger charge is 2.26. The SMILES string of the molecule is Cc1nc(C(O)C2CCCN2)[nH]c1C. The van der Waals surface area contributed by atoms with Crippen LogP contribution in [-0.4, -0.2) is 27.7 Å². The van der Waals surface area contributed by atoms with Crippen LogP contribution < -0.4 is 5.32 Å². The molecular formula is C10H17N3O. The minimum atomic E-state index is -0.495. The Bertz CT molecular complexity index is 296. The molecule has 14 heavy (non-hydrogen) atoms. The lowest BCUT2D eigenvalue weighted by Crippen LogP contribution is -2.29. The van der Waals surface area contributed by atoms with Crippen molar-refractivity contribution in [1.82, 2.24) is 15.3 Å². The molecular weight excluding hydrogens is 178 g/mol. The summed E-state index contributed by atoms with van der Waals surface area (Å²) < 4.78 is 0. The first-order chi connectivity index (χ1) is 6.68. The smallest absolute Gasteiger partial charge is 0.137 e. The molecule has 0 bridgehead atoms. The summed E-state index contributed by atoms with van der Waals surface area (Å²) in [4.78, 5) is 7.43. The molecule has 1 fully saturated rings. The number of aliphatic hydroxyl groups excluding tert-OH is 1. The van der Waals surface area contributed by atoms with Crippen molar-refractivity contribution in [2.75, 3.05) is 6.54 Å². The number of rotatable bonds is 2. The maximum atomic E-state index is 10.0. The van der Waals surface area contributed by atoms with Crippen molar-refractivity contribution in [1.29, 1.82) is 0 Å². The van der Waals surface area contributed by atoms with E-state index in [1.54, 1.807) is 0 Å². The third-order valence-electron chi connectivity index (χ3n) is 2.91. The highest BCUT2D eigenvalue weighted by Crippen LogP contribution is 2.21. The molecule has 0 radical (unpaired) electrons. The van der Waals surface area contributed by atoms with Gasteiger partial charge in [-0.2, -0.15) is 0 Å². The van der Waals surface area contributed by atoms with E-state index < -0.39 is 6.10 Å². The predicted octanol–water partition coefficient (Wildman–Crippen LogP) is 0.812. The highest BCUT2D eigenvalue weighted by molar-refractivity contribution is 5.13. The number of imidazole rings is 1. The lowest BCUT2D eigenvalue weighted by atomic mass is 10.1. The first-order valence-electron chi connectivity index (χ1n) is 5.13. The van der Waals surface area contributed by atoms with Crippen molar-refractivity contribution in [2.45, 2.75) is 38.8 Å². The number of hydrogen-bond donors (Lipinski definition) is 3. The average molecular weight is 195 g/mol. The van der Waals surface area contributed by atoms with E-state index in [4.69, 9.17) is 0 Å². The van der Waals surface area contributed by atoms with Gasteiger partial charge in [0.2, 0.25) is 0 Å². The van der Waals surface area contributed by atoms with Crippen LogP contribution in [0.4, 0.5) is 0 Å². The fraction of sp³-hybridized carbons (Fsp3) is 0.700. The Morgan fingerprint density at radius 3 is 2.79 bits per heavy atom. The van der Waals surface area contributed by atoms with Crippen LogP contribution in [0.5, 0.6) is 0 Å². The van der Waals surface area contributed by atoms with Gasteiger partial charge in [-0.3, -0.25) is 0 Å². The minimum Gasteiger partial charge on any atom is -0.384 e. The summed E-state index contributed by atoms with van der Waals surface area (Å²) in [6.45, 7) is 4.92. The van der Waals surface area contributed by atoms with Gasteiger partial charge in [0.15, 0.2) is 0 Å². The molecule has 2 heterocycles. The number of nitrogens with one attached hydrogen (secondary N) is 2. The topological polar surface area (TPSA) is 60.9 Å². The standard InChI is InChI=1S/C10H17N3O/c1-6-7(2)13-10(12-6)9(14)8-4-3-5-11-8/h8-9,11,14H,3-5H2,1-2H3,(H,12,13). The van der Waals surface area contributed by atoms with Gasteiger partial charge < -0.3 is 15.4 Å². The predicted molar refractivity (Wildman–Crippen MR) is 54.0 cm³/mol. The van der Waals surface area contributed by atoms with Crippen molar-refractivity contribution in [3.63, 3.8) is 0 Å². The van der Waals surface area contributed by atoms with Crippen molar-refractivity contribution in [3.05, 3.63) is 17.2 Å². The molecule has 1 aliphatic heterocycles. The summed E-state index contributed by atoms with van der Waals surface area (Å²) in [7, 11) is 0. The molecule has 4 heteroatoms. The van der Waals surface area contributed by atoms with Crippen LogP contribution in [-0.2, 0) is 0 Å². The van der Waals surface area contributed by atoms with Gasteiger partial charge in [-0.25, -0.2) is 4.98 Å². The van der Waals surface area contributed by atoms with Crippen molar-refractivity contribution in [2.24, 2.45) is 0 Å². The second-order valence-electron chi connectivity index (χ2n) is 3.98. The monoisotopic (exact) mass is 195 g/mol. The molecule has 0 aliphatic carbocycles. The summed E-state index contributed by atoms with van der Waals surface area (Å²) in [5.74, 6) is 0.694. The first kappa shape index (κ1) is 9.68. The molecule has 1 aromatic heterocycles. The zero-order valence-corrected chi connectivity index (χ0v) is 8.67. The van der Waals surface area contributed by atoms with Crippen LogP contribution in [0.25, 0.3) is 0 Å². The maximum Gasteiger partial charge on any atom is 0.137 e. The first-order valence-corrected chi connectivity index (χ1v) is 5.13. The Hall–Kier alpha value is -0.870. The van der Waals surface area contributed by atoms with Gasteiger partial charge in [-0.15, -0.1) is 0 Å². The summed E-state index contributed by atoms with van der Waals surface area (Å²) in [6, 6.07) is 0.167. The van der Waals surface area contributed by atoms with Gasteiger partial charge in [0.05, 0.1) is 5.69 Å². The molecule has 2 unspecified atom stereocenters. The average Bonchev–Trinajstić information content (AvgIpc) is 2.76. The number of nitrogens with zero attached hydrogens (tertiary/aromatic N) is 1.